The lowest BCUT2D eigenvalue weighted by Crippen LogP contribution is -2.59. The molecule has 0 N–H and O–H groups in total. The first kappa shape index (κ1) is 26.3. The molecule has 4 fully saturated rings. The summed E-state index contributed by atoms with van der Waals surface area (Å²) in [5, 5.41) is 1.71. The van der Waals surface area contributed by atoms with Crippen molar-refractivity contribution in [2.75, 3.05) is 13.2 Å². The predicted molar refractivity (Wildman–Crippen MR) is 149 cm³/mol. The SMILES string of the molecule is CC1(C)O[C@@H]2[C@H](O1)[C@@H]1N(OC(=O)[C@]13CCCN3C=O)[C@@H]2COC(c1ccccc1)(c1ccccc1)c1ccccc1. The number of hydrogen-bond acceptors (Lipinski definition) is 7. The average molecular weight is 555 g/mol. The number of hydrogen-bond donors (Lipinski definition) is 0. The highest BCUT2D eigenvalue weighted by Gasteiger charge is 2.74. The van der Waals surface area contributed by atoms with Gasteiger partial charge in [0.25, 0.3) is 0 Å². The molecule has 5 atom stereocenters. The van der Waals surface area contributed by atoms with Gasteiger partial charge in [0.1, 0.15) is 23.9 Å². The van der Waals surface area contributed by atoms with E-state index in [1.165, 1.54) is 0 Å². The Morgan fingerprint density at radius 1 is 0.878 bits per heavy atom. The van der Waals surface area contributed by atoms with Crippen LogP contribution < -0.4 is 0 Å². The summed E-state index contributed by atoms with van der Waals surface area (Å²) in [5.74, 6) is -1.27. The van der Waals surface area contributed by atoms with Crippen LogP contribution in [-0.2, 0) is 34.2 Å². The lowest BCUT2D eigenvalue weighted by molar-refractivity contribution is -0.222. The molecule has 212 valence electrons. The third-order valence-corrected chi connectivity index (χ3v) is 9.09. The summed E-state index contributed by atoms with van der Waals surface area (Å²) in [6.07, 6.45) is 1.12. The number of amides is 1. The first-order valence-corrected chi connectivity index (χ1v) is 14.3. The Bertz CT molecular complexity index is 1320. The Morgan fingerprint density at radius 3 is 1.95 bits per heavy atom. The van der Waals surface area contributed by atoms with Crippen LogP contribution in [0.2, 0.25) is 0 Å². The minimum atomic E-state index is -1.10. The number of nitrogens with zero attached hydrogens (tertiary/aromatic N) is 2. The molecule has 0 unspecified atom stereocenters. The fourth-order valence-electron chi connectivity index (χ4n) is 7.45. The normalized spacial score (nSPS) is 30.4. The zero-order chi connectivity index (χ0) is 28.2. The summed E-state index contributed by atoms with van der Waals surface area (Å²) < 4.78 is 20.0. The molecule has 0 aliphatic carbocycles. The number of likely N-dealkylation sites (tertiary alicyclic amines) is 1. The average Bonchev–Trinajstić information content (AvgIpc) is 3.71. The van der Waals surface area contributed by atoms with E-state index in [0.717, 1.165) is 29.5 Å². The molecule has 4 aliphatic rings. The summed E-state index contributed by atoms with van der Waals surface area (Å²) in [6, 6.07) is 29.5. The van der Waals surface area contributed by atoms with Crippen LogP contribution in [0, 0.1) is 0 Å². The predicted octanol–water partition coefficient (Wildman–Crippen LogP) is 4.03. The molecular formula is C33H34N2O6. The fourth-order valence-corrected chi connectivity index (χ4v) is 7.45. The van der Waals surface area contributed by atoms with E-state index in [9.17, 15) is 9.59 Å². The van der Waals surface area contributed by atoms with Crippen LogP contribution in [0.3, 0.4) is 0 Å². The number of ether oxygens (including phenoxy) is 3. The second-order valence-corrected chi connectivity index (χ2v) is 11.7. The molecule has 4 heterocycles. The summed E-state index contributed by atoms with van der Waals surface area (Å²) in [6.45, 7) is 4.45. The van der Waals surface area contributed by atoms with E-state index in [1.807, 2.05) is 68.4 Å². The van der Waals surface area contributed by atoms with E-state index in [1.54, 1.807) is 9.96 Å². The van der Waals surface area contributed by atoms with Gasteiger partial charge in [-0.15, -0.1) is 5.06 Å². The van der Waals surface area contributed by atoms with Gasteiger partial charge < -0.3 is 23.9 Å². The molecule has 1 amide bonds. The zero-order valence-electron chi connectivity index (χ0n) is 23.2. The highest BCUT2D eigenvalue weighted by Crippen LogP contribution is 2.52. The molecule has 0 bridgehead atoms. The molecule has 0 aromatic heterocycles. The molecule has 3 aromatic rings. The lowest BCUT2D eigenvalue weighted by Gasteiger charge is -2.38. The molecule has 7 rings (SSSR count). The molecule has 4 aliphatic heterocycles. The summed E-state index contributed by atoms with van der Waals surface area (Å²) >= 11 is 0. The van der Waals surface area contributed by atoms with E-state index in [0.29, 0.717) is 13.0 Å². The molecule has 3 aromatic carbocycles. The van der Waals surface area contributed by atoms with Crippen molar-refractivity contribution >= 4 is 12.4 Å². The van der Waals surface area contributed by atoms with E-state index in [-0.39, 0.29) is 6.61 Å². The number of rotatable bonds is 7. The summed E-state index contributed by atoms with van der Waals surface area (Å²) in [4.78, 5) is 33.3. The standard InChI is InChI=1S/C33H34N2O6/c1-31(2)39-27-26(35-29(28(27)40-31)32(30(37)41-35)19-12-20-34(32)22-36)21-38-33(23-13-6-3-7-14-23,24-15-8-4-9-16-24)25-17-10-5-11-18-25/h3-11,13-18,22,26-29H,12,19-21H2,1-2H3/t26-,27+,28+,29+,32+/m1/s1. The Morgan fingerprint density at radius 2 is 1.41 bits per heavy atom. The van der Waals surface area contributed by atoms with Gasteiger partial charge in [0.15, 0.2) is 11.3 Å². The number of hydroxylamine groups is 2. The molecule has 41 heavy (non-hydrogen) atoms. The van der Waals surface area contributed by atoms with Gasteiger partial charge in [0.05, 0.1) is 12.6 Å². The lowest BCUT2D eigenvalue weighted by atomic mass is 9.80. The van der Waals surface area contributed by atoms with Gasteiger partial charge in [-0.2, -0.15) is 0 Å². The largest absolute Gasteiger partial charge is 0.365 e. The van der Waals surface area contributed by atoms with Gasteiger partial charge in [-0.1, -0.05) is 91.0 Å². The highest BCUT2D eigenvalue weighted by molar-refractivity contribution is 5.87. The molecule has 0 radical (unpaired) electrons. The number of benzene rings is 3. The van der Waals surface area contributed by atoms with E-state index in [2.05, 4.69) is 36.4 Å². The third-order valence-electron chi connectivity index (χ3n) is 9.09. The van der Waals surface area contributed by atoms with E-state index in [4.69, 9.17) is 19.0 Å². The molecular weight excluding hydrogens is 520 g/mol. The van der Waals surface area contributed by atoms with Gasteiger partial charge in [0.2, 0.25) is 6.41 Å². The monoisotopic (exact) mass is 554 g/mol. The Labute approximate surface area is 239 Å². The van der Waals surface area contributed by atoms with Gasteiger partial charge in [-0.3, -0.25) is 4.79 Å². The zero-order valence-corrected chi connectivity index (χ0v) is 23.2. The smallest absolute Gasteiger partial charge is 0.352 e. The highest BCUT2D eigenvalue weighted by atomic mass is 16.8. The first-order chi connectivity index (χ1) is 19.9. The van der Waals surface area contributed by atoms with Crippen LogP contribution in [-0.4, -0.2) is 71.1 Å². The number of fused-ring (bicyclic) bond motifs is 4. The van der Waals surface area contributed by atoms with Crippen molar-refractivity contribution in [3.63, 3.8) is 0 Å². The summed E-state index contributed by atoms with van der Waals surface area (Å²) in [5.41, 5.74) is 0.884. The molecule has 4 saturated heterocycles. The Balaban J connectivity index is 1.32. The van der Waals surface area contributed by atoms with Crippen molar-refractivity contribution in [3.8, 4) is 0 Å². The third kappa shape index (κ3) is 3.89. The Kier molecular flexibility index (Phi) is 6.28. The van der Waals surface area contributed by atoms with Crippen LogP contribution in [0.25, 0.3) is 0 Å². The van der Waals surface area contributed by atoms with Crippen molar-refractivity contribution in [1.29, 1.82) is 0 Å². The Hall–Kier alpha value is -3.56. The molecule has 8 nitrogen and oxygen atoms in total. The molecule has 8 heteroatoms. The van der Waals surface area contributed by atoms with Crippen LogP contribution >= 0.6 is 0 Å². The second-order valence-electron chi connectivity index (χ2n) is 11.7. The van der Waals surface area contributed by atoms with Gasteiger partial charge in [-0.25, -0.2) is 4.79 Å². The van der Waals surface area contributed by atoms with E-state index < -0.39 is 47.2 Å². The van der Waals surface area contributed by atoms with Crippen LogP contribution in [0.5, 0.6) is 0 Å². The number of carbonyl (C=O) groups excluding carboxylic acids is 2. The quantitative estimate of drug-likeness (QED) is 0.322. The van der Waals surface area contributed by atoms with Crippen LogP contribution in [0.4, 0.5) is 0 Å². The first-order valence-electron chi connectivity index (χ1n) is 14.3. The molecule has 0 saturated carbocycles. The molecule has 1 spiro atoms. The van der Waals surface area contributed by atoms with Crippen molar-refractivity contribution in [3.05, 3.63) is 108 Å². The minimum Gasteiger partial charge on any atom is -0.365 e. The van der Waals surface area contributed by atoms with E-state index >= 15 is 0 Å². The van der Waals surface area contributed by atoms with Crippen molar-refractivity contribution in [1.82, 2.24) is 9.96 Å². The maximum absolute atomic E-state index is 13.5. The second kappa shape index (κ2) is 9.77. The summed E-state index contributed by atoms with van der Waals surface area (Å²) in [7, 11) is 0. The van der Waals surface area contributed by atoms with Crippen molar-refractivity contribution in [2.45, 2.75) is 67.9 Å². The van der Waals surface area contributed by atoms with Gasteiger partial charge in [0, 0.05) is 6.54 Å². The van der Waals surface area contributed by atoms with Gasteiger partial charge >= 0.3 is 5.97 Å². The van der Waals surface area contributed by atoms with Crippen molar-refractivity contribution < 1.29 is 28.6 Å². The fraction of sp³-hybridized carbons (Fsp3) is 0.394. The maximum atomic E-state index is 13.5. The maximum Gasteiger partial charge on any atom is 0.352 e. The van der Waals surface area contributed by atoms with Crippen LogP contribution in [0.15, 0.2) is 91.0 Å². The van der Waals surface area contributed by atoms with Gasteiger partial charge in [-0.05, 0) is 43.4 Å². The van der Waals surface area contributed by atoms with Crippen LogP contribution in [0.1, 0.15) is 43.4 Å². The topological polar surface area (TPSA) is 77.5 Å². The number of carbonyl (C=O) groups is 2. The minimum absolute atomic E-state index is 0.181. The van der Waals surface area contributed by atoms with Crippen molar-refractivity contribution in [2.24, 2.45) is 0 Å².